The molecule has 0 aliphatic heterocycles. The zero-order valence-corrected chi connectivity index (χ0v) is 12.4. The van der Waals surface area contributed by atoms with Gasteiger partial charge in [0.2, 0.25) is 0 Å². The van der Waals surface area contributed by atoms with Gasteiger partial charge in [-0.2, -0.15) is 0 Å². The molecule has 0 spiro atoms. The lowest BCUT2D eigenvalue weighted by Crippen LogP contribution is -2.27. The summed E-state index contributed by atoms with van der Waals surface area (Å²) in [5.74, 6) is 0. The first-order valence-electron chi connectivity index (χ1n) is 7.41. The van der Waals surface area contributed by atoms with E-state index in [1.165, 1.54) is 5.56 Å². The highest BCUT2D eigenvalue weighted by Crippen LogP contribution is 1.97. The molecule has 0 unspecified atom stereocenters. The van der Waals surface area contributed by atoms with Gasteiger partial charge in [0.15, 0.2) is 0 Å². The second-order valence-corrected chi connectivity index (χ2v) is 4.66. The number of rotatable bonds is 11. The first kappa shape index (κ1) is 16.2. The molecule has 0 aromatic heterocycles. The summed E-state index contributed by atoms with van der Waals surface area (Å²) in [6.45, 7) is 11.3. The topological polar surface area (TPSA) is 24.5 Å². The van der Waals surface area contributed by atoms with Crippen molar-refractivity contribution in [3.05, 3.63) is 35.9 Å². The number of hydrogen-bond donors (Lipinski definition) is 1. The van der Waals surface area contributed by atoms with Crippen LogP contribution in [0.3, 0.4) is 0 Å². The molecule has 0 heterocycles. The molecule has 3 nitrogen and oxygen atoms in total. The number of ether oxygens (including phenoxy) is 1. The molecule has 0 bridgehead atoms. The van der Waals surface area contributed by atoms with Gasteiger partial charge < -0.3 is 15.0 Å². The molecule has 0 fully saturated rings. The van der Waals surface area contributed by atoms with Gasteiger partial charge in [-0.05, 0) is 31.6 Å². The van der Waals surface area contributed by atoms with Gasteiger partial charge in [-0.3, -0.25) is 0 Å². The number of hydrogen-bond acceptors (Lipinski definition) is 3. The molecular weight excluding hydrogens is 236 g/mol. The van der Waals surface area contributed by atoms with Crippen LogP contribution in [0.1, 0.15) is 25.8 Å². The van der Waals surface area contributed by atoms with Crippen LogP contribution in [0.5, 0.6) is 0 Å². The van der Waals surface area contributed by atoms with E-state index in [9.17, 15) is 0 Å². The van der Waals surface area contributed by atoms with Gasteiger partial charge in [0.25, 0.3) is 0 Å². The maximum Gasteiger partial charge on any atom is 0.0593 e. The average molecular weight is 264 g/mol. The lowest BCUT2D eigenvalue weighted by molar-refractivity contribution is 0.105. The quantitative estimate of drug-likeness (QED) is 0.622. The van der Waals surface area contributed by atoms with Crippen molar-refractivity contribution in [2.24, 2.45) is 0 Å². The van der Waals surface area contributed by atoms with Crippen LogP contribution >= 0.6 is 0 Å². The van der Waals surface area contributed by atoms with E-state index in [4.69, 9.17) is 4.74 Å². The molecule has 0 aliphatic carbocycles. The average Bonchev–Trinajstić information content (AvgIpc) is 2.47. The molecule has 0 saturated carbocycles. The first-order chi connectivity index (χ1) is 9.36. The second-order valence-electron chi connectivity index (χ2n) is 4.66. The van der Waals surface area contributed by atoms with Gasteiger partial charge in [0.1, 0.15) is 0 Å². The van der Waals surface area contributed by atoms with E-state index in [-0.39, 0.29) is 0 Å². The molecule has 0 amide bonds. The second kappa shape index (κ2) is 11.0. The summed E-state index contributed by atoms with van der Waals surface area (Å²) in [5, 5.41) is 3.43. The van der Waals surface area contributed by atoms with E-state index < -0.39 is 0 Å². The summed E-state index contributed by atoms with van der Waals surface area (Å²) in [7, 11) is 0. The summed E-state index contributed by atoms with van der Waals surface area (Å²) in [4.78, 5) is 2.38. The van der Waals surface area contributed by atoms with E-state index in [0.717, 1.165) is 52.4 Å². The Labute approximate surface area is 118 Å². The zero-order valence-electron chi connectivity index (χ0n) is 12.4. The van der Waals surface area contributed by atoms with E-state index >= 15 is 0 Å². The van der Waals surface area contributed by atoms with Crippen molar-refractivity contribution in [3.8, 4) is 0 Å². The molecule has 1 aromatic carbocycles. The predicted molar refractivity (Wildman–Crippen MR) is 81.4 cm³/mol. The van der Waals surface area contributed by atoms with Gasteiger partial charge in [0, 0.05) is 19.7 Å². The first-order valence-corrected chi connectivity index (χ1v) is 7.41. The van der Waals surface area contributed by atoms with Crippen molar-refractivity contribution < 1.29 is 4.74 Å². The maximum absolute atomic E-state index is 5.64. The Bertz CT molecular complexity index is 299. The highest BCUT2D eigenvalue weighted by molar-refractivity contribution is 5.14. The van der Waals surface area contributed by atoms with Crippen molar-refractivity contribution in [1.82, 2.24) is 10.2 Å². The minimum absolute atomic E-state index is 0.848. The fourth-order valence-electron chi connectivity index (χ4n) is 1.96. The number of likely N-dealkylation sites (N-methyl/N-ethyl adjacent to an activating group) is 1. The minimum Gasteiger partial charge on any atom is -0.380 e. The van der Waals surface area contributed by atoms with Crippen LogP contribution in [-0.2, 0) is 11.3 Å². The van der Waals surface area contributed by atoms with Crippen molar-refractivity contribution in [2.75, 3.05) is 39.4 Å². The Morgan fingerprint density at radius 1 is 1.05 bits per heavy atom. The number of nitrogens with zero attached hydrogens (tertiary/aromatic N) is 1. The normalized spacial score (nSPS) is 11.1. The zero-order chi connectivity index (χ0) is 13.8. The molecule has 1 N–H and O–H groups in total. The molecule has 1 aromatic rings. The molecule has 108 valence electrons. The monoisotopic (exact) mass is 264 g/mol. The predicted octanol–water partition coefficient (Wildman–Crippen LogP) is 2.52. The van der Waals surface area contributed by atoms with E-state index in [0.29, 0.717) is 0 Å². The van der Waals surface area contributed by atoms with E-state index in [1.807, 2.05) is 6.07 Å². The fourth-order valence-corrected chi connectivity index (χ4v) is 1.96. The molecule has 0 radical (unpaired) electrons. The number of nitrogens with one attached hydrogen (secondary N) is 1. The minimum atomic E-state index is 0.848. The van der Waals surface area contributed by atoms with Gasteiger partial charge in [-0.15, -0.1) is 0 Å². The van der Waals surface area contributed by atoms with Crippen LogP contribution in [0.15, 0.2) is 30.3 Å². The summed E-state index contributed by atoms with van der Waals surface area (Å²) in [6, 6.07) is 10.5. The summed E-state index contributed by atoms with van der Waals surface area (Å²) < 4.78 is 5.64. The summed E-state index contributed by atoms with van der Waals surface area (Å²) in [5.41, 5.74) is 1.34. The fraction of sp³-hybridized carbons (Fsp3) is 0.625. The highest BCUT2D eigenvalue weighted by Gasteiger charge is 1.97. The molecular formula is C16H28N2O. The standard InChI is InChI=1S/C16H28N2O/c1-3-18(4-2)12-14-19-13-8-11-17-15-16-9-6-5-7-10-16/h5-7,9-10,17H,3-4,8,11-15H2,1-2H3. The van der Waals surface area contributed by atoms with Crippen LogP contribution in [-0.4, -0.2) is 44.3 Å². The van der Waals surface area contributed by atoms with Gasteiger partial charge >= 0.3 is 0 Å². The highest BCUT2D eigenvalue weighted by atomic mass is 16.5. The molecule has 19 heavy (non-hydrogen) atoms. The summed E-state index contributed by atoms with van der Waals surface area (Å²) >= 11 is 0. The molecule has 0 aliphatic rings. The Balaban J connectivity index is 1.89. The molecule has 0 saturated heterocycles. The number of benzene rings is 1. The van der Waals surface area contributed by atoms with Crippen LogP contribution in [0.2, 0.25) is 0 Å². The third-order valence-electron chi connectivity index (χ3n) is 3.26. The molecule has 3 heteroatoms. The van der Waals surface area contributed by atoms with Crippen molar-refractivity contribution in [3.63, 3.8) is 0 Å². The lowest BCUT2D eigenvalue weighted by atomic mass is 10.2. The van der Waals surface area contributed by atoms with Crippen molar-refractivity contribution >= 4 is 0 Å². The van der Waals surface area contributed by atoms with Gasteiger partial charge in [0.05, 0.1) is 6.61 Å². The smallest absolute Gasteiger partial charge is 0.0593 e. The van der Waals surface area contributed by atoms with Crippen molar-refractivity contribution in [2.45, 2.75) is 26.8 Å². The Morgan fingerprint density at radius 2 is 1.79 bits per heavy atom. The maximum atomic E-state index is 5.64. The third-order valence-corrected chi connectivity index (χ3v) is 3.26. The van der Waals surface area contributed by atoms with E-state index in [1.54, 1.807) is 0 Å². The van der Waals surface area contributed by atoms with Crippen LogP contribution in [0, 0.1) is 0 Å². The van der Waals surface area contributed by atoms with Crippen LogP contribution in [0.4, 0.5) is 0 Å². The molecule has 0 atom stereocenters. The van der Waals surface area contributed by atoms with Crippen LogP contribution < -0.4 is 5.32 Å². The van der Waals surface area contributed by atoms with Crippen LogP contribution in [0.25, 0.3) is 0 Å². The van der Waals surface area contributed by atoms with E-state index in [2.05, 4.69) is 48.3 Å². The van der Waals surface area contributed by atoms with Gasteiger partial charge in [-0.25, -0.2) is 0 Å². The lowest BCUT2D eigenvalue weighted by Gasteiger charge is -2.17. The van der Waals surface area contributed by atoms with Crippen molar-refractivity contribution in [1.29, 1.82) is 0 Å². The third kappa shape index (κ3) is 7.98. The Hall–Kier alpha value is -0.900. The molecule has 1 rings (SSSR count). The summed E-state index contributed by atoms with van der Waals surface area (Å²) in [6.07, 6.45) is 1.07. The Kier molecular flexibility index (Phi) is 9.33. The SMILES string of the molecule is CCN(CC)CCOCCCNCc1ccccc1. The largest absolute Gasteiger partial charge is 0.380 e. The van der Waals surface area contributed by atoms with Gasteiger partial charge in [-0.1, -0.05) is 44.2 Å². The Morgan fingerprint density at radius 3 is 2.47 bits per heavy atom.